The van der Waals surface area contributed by atoms with Crippen molar-refractivity contribution in [3.05, 3.63) is 42.0 Å². The van der Waals surface area contributed by atoms with Crippen LogP contribution < -0.4 is 5.32 Å². The number of H-pyrrole nitrogens is 1. The van der Waals surface area contributed by atoms with Crippen LogP contribution in [0.3, 0.4) is 0 Å². The zero-order valence-electron chi connectivity index (χ0n) is 11.2. The van der Waals surface area contributed by atoms with E-state index in [1.165, 1.54) is 19.1 Å². The third-order valence-corrected chi connectivity index (χ3v) is 3.34. The maximum absolute atomic E-state index is 13.4. The average Bonchev–Trinajstić information content (AvgIpc) is 2.75. The minimum Gasteiger partial charge on any atom is -0.353 e. The molecule has 0 spiro atoms. The Bertz CT molecular complexity index is 809. The number of fused-ring (bicyclic) bond motifs is 3. The third-order valence-electron chi connectivity index (χ3n) is 3.34. The fraction of sp³-hybridized carbons (Fsp3) is 0.200. The first-order valence-electron chi connectivity index (χ1n) is 6.39. The Morgan fingerprint density at radius 1 is 1.35 bits per heavy atom. The van der Waals surface area contributed by atoms with Crippen molar-refractivity contribution < 1.29 is 9.18 Å². The maximum atomic E-state index is 13.4. The van der Waals surface area contributed by atoms with Gasteiger partial charge in [0.15, 0.2) is 0 Å². The second-order valence-electron chi connectivity index (χ2n) is 4.86. The van der Waals surface area contributed by atoms with Crippen molar-refractivity contribution in [3.8, 4) is 0 Å². The molecule has 2 aromatic heterocycles. The predicted octanol–water partition coefficient (Wildman–Crippen LogP) is 3.05. The topological polar surface area (TPSA) is 57.8 Å². The Hall–Kier alpha value is -2.43. The third kappa shape index (κ3) is 2.01. The van der Waals surface area contributed by atoms with E-state index in [-0.39, 0.29) is 17.8 Å². The van der Waals surface area contributed by atoms with Gasteiger partial charge in [0.25, 0.3) is 0 Å². The van der Waals surface area contributed by atoms with Crippen LogP contribution in [0.15, 0.2) is 30.5 Å². The molecule has 2 heterocycles. The second-order valence-corrected chi connectivity index (χ2v) is 4.86. The summed E-state index contributed by atoms with van der Waals surface area (Å²) < 4.78 is 13.4. The lowest BCUT2D eigenvalue weighted by molar-refractivity contribution is -0.119. The van der Waals surface area contributed by atoms with Crippen LogP contribution in [0.25, 0.3) is 21.8 Å². The van der Waals surface area contributed by atoms with Gasteiger partial charge in [-0.25, -0.2) is 4.39 Å². The van der Waals surface area contributed by atoms with Crippen LogP contribution in [0.4, 0.5) is 4.39 Å². The first-order valence-corrected chi connectivity index (χ1v) is 6.39. The number of pyridine rings is 1. The minimum absolute atomic E-state index is 0.113. The summed E-state index contributed by atoms with van der Waals surface area (Å²) >= 11 is 0. The van der Waals surface area contributed by atoms with Crippen LogP contribution in [-0.2, 0) is 4.79 Å². The number of nitrogens with zero attached hydrogens (tertiary/aromatic N) is 1. The van der Waals surface area contributed by atoms with E-state index in [0.29, 0.717) is 0 Å². The molecule has 1 atom stereocenters. The van der Waals surface area contributed by atoms with Crippen LogP contribution in [0.1, 0.15) is 25.6 Å². The Morgan fingerprint density at radius 3 is 2.90 bits per heavy atom. The van der Waals surface area contributed by atoms with Gasteiger partial charge in [0, 0.05) is 29.4 Å². The smallest absolute Gasteiger partial charge is 0.217 e. The zero-order chi connectivity index (χ0) is 14.3. The molecule has 0 radical (unpaired) electrons. The van der Waals surface area contributed by atoms with Gasteiger partial charge in [-0.1, -0.05) is 0 Å². The number of amides is 1. The summed E-state index contributed by atoms with van der Waals surface area (Å²) in [5, 5.41) is 4.53. The molecule has 20 heavy (non-hydrogen) atoms. The molecule has 0 bridgehead atoms. The van der Waals surface area contributed by atoms with E-state index in [1.807, 2.05) is 13.0 Å². The number of carbonyl (C=O) groups is 1. The molecule has 0 saturated heterocycles. The summed E-state index contributed by atoms with van der Waals surface area (Å²) in [5.74, 6) is -0.384. The van der Waals surface area contributed by atoms with Gasteiger partial charge >= 0.3 is 0 Å². The van der Waals surface area contributed by atoms with Gasteiger partial charge in [0.05, 0.1) is 17.3 Å². The Labute approximate surface area is 115 Å². The lowest BCUT2D eigenvalue weighted by atomic mass is 10.1. The van der Waals surface area contributed by atoms with Gasteiger partial charge in [-0.2, -0.15) is 0 Å². The van der Waals surface area contributed by atoms with E-state index in [9.17, 15) is 9.18 Å². The monoisotopic (exact) mass is 271 g/mol. The van der Waals surface area contributed by atoms with E-state index in [1.54, 1.807) is 12.3 Å². The number of halogens is 1. The highest BCUT2D eigenvalue weighted by Gasteiger charge is 2.15. The van der Waals surface area contributed by atoms with Crippen molar-refractivity contribution in [2.75, 3.05) is 0 Å². The van der Waals surface area contributed by atoms with Crippen LogP contribution in [0, 0.1) is 5.82 Å². The average molecular weight is 271 g/mol. The highest BCUT2D eigenvalue weighted by molar-refractivity contribution is 6.07. The number of rotatable bonds is 2. The fourth-order valence-electron chi connectivity index (χ4n) is 2.52. The summed E-state index contributed by atoms with van der Waals surface area (Å²) in [6.45, 7) is 3.34. The minimum atomic E-state index is -0.272. The molecule has 0 aliphatic carbocycles. The van der Waals surface area contributed by atoms with E-state index in [0.717, 1.165) is 27.5 Å². The summed E-state index contributed by atoms with van der Waals surface area (Å²) in [6, 6.07) is 6.26. The number of nitrogens with one attached hydrogen (secondary N) is 2. The van der Waals surface area contributed by atoms with Gasteiger partial charge in [-0.15, -0.1) is 0 Å². The molecule has 3 aromatic rings. The molecule has 4 nitrogen and oxygen atoms in total. The highest BCUT2D eigenvalue weighted by Crippen LogP contribution is 2.29. The lowest BCUT2D eigenvalue weighted by Crippen LogP contribution is -2.24. The molecule has 102 valence electrons. The van der Waals surface area contributed by atoms with E-state index >= 15 is 0 Å². The van der Waals surface area contributed by atoms with Gasteiger partial charge in [0.2, 0.25) is 5.91 Å². The number of carbonyl (C=O) groups excluding carboxylic acids is 1. The fourth-order valence-corrected chi connectivity index (χ4v) is 2.52. The van der Waals surface area contributed by atoms with Gasteiger partial charge in [0.1, 0.15) is 5.82 Å². The highest BCUT2D eigenvalue weighted by atomic mass is 19.1. The number of benzene rings is 1. The molecule has 5 heteroatoms. The number of aromatic nitrogens is 2. The summed E-state index contributed by atoms with van der Waals surface area (Å²) in [7, 11) is 0. The molecule has 0 saturated carbocycles. The van der Waals surface area contributed by atoms with Crippen molar-refractivity contribution in [2.45, 2.75) is 19.9 Å². The van der Waals surface area contributed by atoms with Crippen LogP contribution in [-0.4, -0.2) is 15.9 Å². The molecular formula is C15H14FN3O. The molecule has 0 aliphatic heterocycles. The van der Waals surface area contributed by atoms with Crippen molar-refractivity contribution in [3.63, 3.8) is 0 Å². The Balaban J connectivity index is 2.24. The second kappa shape index (κ2) is 4.59. The van der Waals surface area contributed by atoms with Crippen LogP contribution >= 0.6 is 0 Å². The van der Waals surface area contributed by atoms with Crippen molar-refractivity contribution in [1.82, 2.24) is 15.3 Å². The number of aromatic amines is 1. The molecule has 3 rings (SSSR count). The lowest BCUT2D eigenvalue weighted by Gasteiger charge is -2.12. The first-order chi connectivity index (χ1) is 9.56. The molecule has 2 N–H and O–H groups in total. The first kappa shape index (κ1) is 12.6. The number of hydrogen-bond donors (Lipinski definition) is 2. The molecule has 0 unspecified atom stereocenters. The van der Waals surface area contributed by atoms with E-state index in [2.05, 4.69) is 15.3 Å². The van der Waals surface area contributed by atoms with E-state index in [4.69, 9.17) is 0 Å². The normalized spacial score (nSPS) is 12.8. The van der Waals surface area contributed by atoms with Gasteiger partial charge in [-0.3, -0.25) is 9.78 Å². The zero-order valence-corrected chi connectivity index (χ0v) is 11.2. The Morgan fingerprint density at radius 2 is 2.15 bits per heavy atom. The van der Waals surface area contributed by atoms with Gasteiger partial charge in [-0.05, 0) is 31.2 Å². The summed E-state index contributed by atoms with van der Waals surface area (Å²) in [6.07, 6.45) is 1.67. The van der Waals surface area contributed by atoms with Gasteiger partial charge < -0.3 is 10.3 Å². The largest absolute Gasteiger partial charge is 0.353 e. The molecule has 0 aliphatic rings. The van der Waals surface area contributed by atoms with Crippen molar-refractivity contribution >= 4 is 27.7 Å². The predicted molar refractivity (Wildman–Crippen MR) is 75.8 cm³/mol. The molecule has 1 amide bonds. The molecule has 1 aromatic carbocycles. The summed E-state index contributed by atoms with van der Waals surface area (Å²) in [4.78, 5) is 18.8. The van der Waals surface area contributed by atoms with Crippen LogP contribution in [0.2, 0.25) is 0 Å². The molecular weight excluding hydrogens is 257 g/mol. The van der Waals surface area contributed by atoms with Crippen molar-refractivity contribution in [1.29, 1.82) is 0 Å². The van der Waals surface area contributed by atoms with Crippen LogP contribution in [0.5, 0.6) is 0 Å². The summed E-state index contributed by atoms with van der Waals surface area (Å²) in [5.41, 5.74) is 2.43. The van der Waals surface area contributed by atoms with E-state index < -0.39 is 0 Å². The van der Waals surface area contributed by atoms with Crippen molar-refractivity contribution in [2.24, 2.45) is 0 Å². The molecule has 0 fully saturated rings. The number of hydrogen-bond acceptors (Lipinski definition) is 2. The maximum Gasteiger partial charge on any atom is 0.217 e. The SMILES string of the molecule is CC(=O)N[C@H](C)c1nccc2c1[nH]c1ccc(F)cc12. The quantitative estimate of drug-likeness (QED) is 0.752. The Kier molecular flexibility index (Phi) is 2.89. The standard InChI is InChI=1S/C15H14FN3O/c1-8(18-9(2)20)14-15-11(5-6-17-14)12-7-10(16)3-4-13(12)19-15/h3-8,19H,1-2H3,(H,18,20)/t8-/m1/s1.